The van der Waals surface area contributed by atoms with Crippen LogP contribution in [0.3, 0.4) is 0 Å². The van der Waals surface area contributed by atoms with Crippen molar-refractivity contribution in [1.29, 1.82) is 0 Å². The summed E-state index contributed by atoms with van der Waals surface area (Å²) in [4.78, 5) is 0. The van der Waals surface area contributed by atoms with E-state index in [0.29, 0.717) is 0 Å². The predicted molar refractivity (Wildman–Crippen MR) is 116 cm³/mol. The van der Waals surface area contributed by atoms with E-state index >= 15 is 0 Å². The molecule has 0 aliphatic carbocycles. The van der Waals surface area contributed by atoms with Crippen molar-refractivity contribution in [3.05, 3.63) is 26.5 Å². The Kier molecular flexibility index (Phi) is 47.2. The fourth-order valence-electron chi connectivity index (χ4n) is 2.04. The smallest absolute Gasteiger partial charge is 0.343 e. The normalized spacial score (nSPS) is 10.4. The molecule has 2 unspecified atom stereocenters. The first kappa shape index (κ1) is 32.4. The summed E-state index contributed by atoms with van der Waals surface area (Å²) in [6.07, 6.45) is 20.1. The fraction of sp³-hybridized carbons (Fsp3) is 0.818. The molecule has 2 heteroatoms. The van der Waals surface area contributed by atoms with Gasteiger partial charge in [-0.15, -0.1) is 15.8 Å². The Morgan fingerprint density at radius 1 is 0.875 bits per heavy atom. The van der Waals surface area contributed by atoms with Gasteiger partial charge in [0.1, 0.15) is 0 Å². The molecule has 0 heterocycles. The molecule has 0 N–H and O–H groups in total. The van der Waals surface area contributed by atoms with Crippen LogP contribution in [0.15, 0.2) is 12.7 Å². The second kappa shape index (κ2) is 35.0. The van der Waals surface area contributed by atoms with Gasteiger partial charge in [-0.3, -0.25) is 0 Å². The molecule has 0 nitrogen and oxygen atoms in total. The van der Waals surface area contributed by atoms with Gasteiger partial charge in [0.15, 0.2) is 0 Å². The maximum Gasteiger partial charge on any atom is 2.00 e. The van der Waals surface area contributed by atoms with Gasteiger partial charge in [-0.1, -0.05) is 78.2 Å². The number of hydrogen-bond acceptors (Lipinski definition) is 0. The first-order valence-electron chi connectivity index (χ1n) is 10.0. The Bertz CT molecular complexity index is 165. The molecule has 0 saturated heterocycles. The second-order valence-electron chi connectivity index (χ2n) is 6.38. The van der Waals surface area contributed by atoms with E-state index in [9.17, 15) is 0 Å². The molecule has 0 spiro atoms. The molecule has 24 heavy (non-hydrogen) atoms. The molecular formula is C22H47PV. The predicted octanol–water partition coefficient (Wildman–Crippen LogP) is 8.43. The Hall–Kier alpha value is 0.754. The van der Waals surface area contributed by atoms with E-state index < -0.39 is 0 Å². The molecule has 0 fully saturated rings. The molecule has 0 aliphatic heterocycles. The van der Waals surface area contributed by atoms with Gasteiger partial charge < -0.3 is 13.8 Å². The van der Waals surface area contributed by atoms with Crippen molar-refractivity contribution in [1.82, 2.24) is 0 Å². The van der Waals surface area contributed by atoms with Crippen LogP contribution in [0, 0.1) is 19.8 Å². The molecule has 0 aromatic carbocycles. The standard InChI is InChI=1S/C8H17P.2C7H15.V/c1-3-4-5-8(2)6-7-9;2*1-3-5-7-6-4-2;/h3,8H,1,4-7,9H2,2H3;2*1,3-7H2,2H3;/q;2*-1;+2. The van der Waals surface area contributed by atoms with Crippen LogP contribution in [0.4, 0.5) is 0 Å². The maximum absolute atomic E-state index is 3.76. The van der Waals surface area contributed by atoms with Crippen LogP contribution in [-0.2, 0) is 18.6 Å². The van der Waals surface area contributed by atoms with Crippen molar-refractivity contribution in [2.24, 2.45) is 5.92 Å². The van der Waals surface area contributed by atoms with Gasteiger partial charge in [0.2, 0.25) is 0 Å². The summed E-state index contributed by atoms with van der Waals surface area (Å²) < 4.78 is 0. The Morgan fingerprint density at radius 2 is 1.33 bits per heavy atom. The van der Waals surface area contributed by atoms with E-state index in [1.807, 2.05) is 6.08 Å². The fourth-order valence-corrected chi connectivity index (χ4v) is 2.61. The van der Waals surface area contributed by atoms with E-state index in [-0.39, 0.29) is 18.6 Å². The zero-order valence-electron chi connectivity index (χ0n) is 17.2. The molecule has 0 bridgehead atoms. The molecule has 0 aromatic heterocycles. The SMILES string of the molecule is C=CCCC(C)CCP.[CH2-]CCCCCC.[CH2-]CCCCCC.[V+2]. The minimum Gasteiger partial charge on any atom is -0.343 e. The van der Waals surface area contributed by atoms with Gasteiger partial charge in [0.25, 0.3) is 0 Å². The Morgan fingerprint density at radius 3 is 1.62 bits per heavy atom. The van der Waals surface area contributed by atoms with Crippen LogP contribution in [0.1, 0.15) is 104 Å². The second-order valence-corrected chi connectivity index (χ2v) is 6.95. The van der Waals surface area contributed by atoms with Gasteiger partial charge in [-0.05, 0) is 31.3 Å². The summed E-state index contributed by atoms with van der Waals surface area (Å²) >= 11 is 0. The van der Waals surface area contributed by atoms with Crippen molar-refractivity contribution in [3.63, 3.8) is 0 Å². The first-order valence-corrected chi connectivity index (χ1v) is 10.8. The third-order valence-corrected chi connectivity index (χ3v) is 4.06. The van der Waals surface area contributed by atoms with E-state index in [0.717, 1.165) is 18.8 Å². The summed E-state index contributed by atoms with van der Waals surface area (Å²) in [5.41, 5.74) is 0. The van der Waals surface area contributed by atoms with Crippen LogP contribution in [0.2, 0.25) is 0 Å². The molecule has 0 aliphatic rings. The Balaban J connectivity index is -0.000000124. The third kappa shape index (κ3) is 43.4. The summed E-state index contributed by atoms with van der Waals surface area (Å²) in [5.74, 6) is 0.875. The summed E-state index contributed by atoms with van der Waals surface area (Å²) in [6.45, 7) is 18.0. The van der Waals surface area contributed by atoms with Crippen molar-refractivity contribution >= 4 is 9.24 Å². The average molecular weight is 394 g/mol. The third-order valence-electron chi connectivity index (χ3n) is 3.73. The van der Waals surface area contributed by atoms with E-state index in [1.54, 1.807) is 0 Å². The minimum absolute atomic E-state index is 0. The van der Waals surface area contributed by atoms with Crippen molar-refractivity contribution < 1.29 is 18.6 Å². The van der Waals surface area contributed by atoms with Gasteiger partial charge in [-0.25, -0.2) is 0 Å². The molecule has 0 amide bonds. The minimum atomic E-state index is 0. The summed E-state index contributed by atoms with van der Waals surface area (Å²) in [5, 5.41) is 0. The number of rotatable bonds is 13. The van der Waals surface area contributed by atoms with Crippen LogP contribution in [0.5, 0.6) is 0 Å². The molecule has 0 rings (SSSR count). The van der Waals surface area contributed by atoms with Gasteiger partial charge in [-0.2, -0.15) is 12.8 Å². The maximum atomic E-state index is 3.76. The van der Waals surface area contributed by atoms with Crippen molar-refractivity contribution in [2.45, 2.75) is 104 Å². The van der Waals surface area contributed by atoms with Crippen LogP contribution < -0.4 is 0 Å². The zero-order valence-corrected chi connectivity index (χ0v) is 19.8. The van der Waals surface area contributed by atoms with Crippen LogP contribution >= 0.6 is 9.24 Å². The summed E-state index contributed by atoms with van der Waals surface area (Å²) in [6, 6.07) is 0. The van der Waals surface area contributed by atoms with E-state index in [4.69, 9.17) is 0 Å². The molecular weight excluding hydrogens is 346 g/mol. The van der Waals surface area contributed by atoms with Gasteiger partial charge >= 0.3 is 18.6 Å². The van der Waals surface area contributed by atoms with Gasteiger partial charge in [0.05, 0.1) is 0 Å². The largest absolute Gasteiger partial charge is 2.00 e. The molecule has 0 saturated carbocycles. The van der Waals surface area contributed by atoms with Gasteiger partial charge in [0, 0.05) is 0 Å². The number of allylic oxidation sites excluding steroid dienone is 1. The van der Waals surface area contributed by atoms with Crippen molar-refractivity contribution in [3.8, 4) is 0 Å². The number of hydrogen-bond donors (Lipinski definition) is 0. The zero-order chi connectivity index (χ0) is 18.2. The molecule has 0 aromatic rings. The number of unbranched alkanes of at least 4 members (excludes halogenated alkanes) is 8. The molecule has 145 valence electrons. The van der Waals surface area contributed by atoms with Crippen LogP contribution in [-0.4, -0.2) is 6.16 Å². The monoisotopic (exact) mass is 393 g/mol. The van der Waals surface area contributed by atoms with Crippen molar-refractivity contribution in [2.75, 3.05) is 6.16 Å². The Labute approximate surface area is 170 Å². The quantitative estimate of drug-likeness (QED) is 0.127. The molecule has 1 radical (unpaired) electrons. The topological polar surface area (TPSA) is 0 Å². The van der Waals surface area contributed by atoms with E-state index in [1.165, 1.54) is 76.8 Å². The summed E-state index contributed by atoms with van der Waals surface area (Å²) in [7, 11) is 2.76. The molecule has 2 atom stereocenters. The average Bonchev–Trinajstić information content (AvgIpc) is 2.55. The first-order chi connectivity index (χ1) is 11.1. The van der Waals surface area contributed by atoms with E-state index in [2.05, 4.69) is 50.4 Å². The van der Waals surface area contributed by atoms with Crippen LogP contribution in [0.25, 0.3) is 0 Å².